The van der Waals surface area contributed by atoms with Crippen molar-refractivity contribution in [3.63, 3.8) is 0 Å². The van der Waals surface area contributed by atoms with Gasteiger partial charge in [-0.1, -0.05) is 11.6 Å². The molecule has 1 aliphatic heterocycles. The second-order valence-corrected chi connectivity index (χ2v) is 4.70. The molecule has 1 aromatic carbocycles. The molecule has 1 saturated heterocycles. The first-order valence-corrected chi connectivity index (χ1v) is 6.18. The zero-order valence-corrected chi connectivity index (χ0v) is 10.5. The molecule has 1 heterocycles. The van der Waals surface area contributed by atoms with Crippen LogP contribution in [0.25, 0.3) is 0 Å². The van der Waals surface area contributed by atoms with E-state index in [4.69, 9.17) is 11.6 Å². The normalized spacial score (nSPS) is 19.1. The maximum absolute atomic E-state index is 13.3. The van der Waals surface area contributed by atoms with Gasteiger partial charge in [0, 0.05) is 36.8 Å². The van der Waals surface area contributed by atoms with Gasteiger partial charge in [-0.2, -0.15) is 0 Å². The van der Waals surface area contributed by atoms with Crippen molar-refractivity contribution >= 4 is 11.6 Å². The molecule has 18 heavy (non-hydrogen) atoms. The molecule has 2 N–H and O–H groups in total. The minimum Gasteiger partial charge on any atom is -0.508 e. The van der Waals surface area contributed by atoms with Crippen LogP contribution in [0.4, 0.5) is 8.78 Å². The SMILES string of the molecule is Oc1ccc(Cl)cc1[C@@H](C(F)F)N1CCNCC1. The van der Waals surface area contributed by atoms with Gasteiger partial charge in [-0.25, -0.2) is 8.78 Å². The average Bonchev–Trinajstić information content (AvgIpc) is 2.35. The van der Waals surface area contributed by atoms with Gasteiger partial charge in [0.2, 0.25) is 0 Å². The Morgan fingerprint density at radius 1 is 1.28 bits per heavy atom. The van der Waals surface area contributed by atoms with Crippen LogP contribution in [-0.2, 0) is 0 Å². The van der Waals surface area contributed by atoms with Gasteiger partial charge >= 0.3 is 0 Å². The Morgan fingerprint density at radius 2 is 1.94 bits per heavy atom. The van der Waals surface area contributed by atoms with E-state index in [0.717, 1.165) is 0 Å². The number of phenols is 1. The van der Waals surface area contributed by atoms with Gasteiger partial charge in [-0.3, -0.25) is 4.90 Å². The smallest absolute Gasteiger partial charge is 0.258 e. The van der Waals surface area contributed by atoms with Crippen LogP contribution < -0.4 is 5.32 Å². The van der Waals surface area contributed by atoms with Crippen molar-refractivity contribution in [1.82, 2.24) is 10.2 Å². The van der Waals surface area contributed by atoms with E-state index in [-0.39, 0.29) is 11.3 Å². The summed E-state index contributed by atoms with van der Waals surface area (Å²) in [4.78, 5) is 1.67. The fourth-order valence-electron chi connectivity index (χ4n) is 2.21. The molecule has 2 rings (SSSR count). The Morgan fingerprint density at radius 3 is 2.56 bits per heavy atom. The summed E-state index contributed by atoms with van der Waals surface area (Å²) in [6.07, 6.45) is -2.56. The lowest BCUT2D eigenvalue weighted by Gasteiger charge is -2.34. The second-order valence-electron chi connectivity index (χ2n) is 4.27. The van der Waals surface area contributed by atoms with E-state index < -0.39 is 12.5 Å². The number of nitrogens with zero attached hydrogens (tertiary/aromatic N) is 1. The van der Waals surface area contributed by atoms with E-state index in [1.807, 2.05) is 0 Å². The summed E-state index contributed by atoms with van der Waals surface area (Å²) in [5.41, 5.74) is 0.194. The lowest BCUT2D eigenvalue weighted by molar-refractivity contribution is 0.0170. The van der Waals surface area contributed by atoms with E-state index >= 15 is 0 Å². The Labute approximate surface area is 109 Å². The van der Waals surface area contributed by atoms with Gasteiger partial charge in [0.1, 0.15) is 11.8 Å². The molecular weight excluding hydrogens is 262 g/mol. The molecular formula is C12H15ClF2N2O. The Kier molecular flexibility index (Phi) is 4.37. The fourth-order valence-corrected chi connectivity index (χ4v) is 2.39. The molecule has 1 aromatic rings. The van der Waals surface area contributed by atoms with E-state index in [1.54, 1.807) is 4.90 Å². The number of hydrogen-bond donors (Lipinski definition) is 2. The molecule has 0 amide bonds. The monoisotopic (exact) mass is 276 g/mol. The third-order valence-electron chi connectivity index (χ3n) is 3.09. The van der Waals surface area contributed by atoms with Crippen molar-refractivity contribution in [3.8, 4) is 5.75 Å². The summed E-state index contributed by atoms with van der Waals surface area (Å²) < 4.78 is 26.5. The number of halogens is 3. The molecule has 6 heteroatoms. The quantitative estimate of drug-likeness (QED) is 0.889. The minimum absolute atomic E-state index is 0.136. The van der Waals surface area contributed by atoms with Crippen LogP contribution in [-0.4, -0.2) is 42.6 Å². The second kappa shape index (κ2) is 5.82. The fraction of sp³-hybridized carbons (Fsp3) is 0.500. The summed E-state index contributed by atoms with van der Waals surface area (Å²) in [6.45, 7) is 2.40. The highest BCUT2D eigenvalue weighted by Gasteiger charge is 2.32. The molecule has 0 bridgehead atoms. The van der Waals surface area contributed by atoms with Crippen LogP contribution in [0.2, 0.25) is 5.02 Å². The molecule has 0 aromatic heterocycles. The van der Waals surface area contributed by atoms with Crippen molar-refractivity contribution in [2.24, 2.45) is 0 Å². The highest BCUT2D eigenvalue weighted by Crippen LogP contribution is 2.35. The Bertz CT molecular complexity index is 411. The van der Waals surface area contributed by atoms with Crippen molar-refractivity contribution in [1.29, 1.82) is 0 Å². The number of rotatable bonds is 3. The highest BCUT2D eigenvalue weighted by atomic mass is 35.5. The van der Waals surface area contributed by atoms with Crippen molar-refractivity contribution in [2.45, 2.75) is 12.5 Å². The number of hydrogen-bond acceptors (Lipinski definition) is 3. The zero-order chi connectivity index (χ0) is 13.1. The van der Waals surface area contributed by atoms with Crippen LogP contribution in [0.5, 0.6) is 5.75 Å². The van der Waals surface area contributed by atoms with Crippen molar-refractivity contribution in [3.05, 3.63) is 28.8 Å². The summed E-state index contributed by atoms with van der Waals surface area (Å²) in [7, 11) is 0. The number of phenolic OH excluding ortho intramolecular Hbond substituents is 1. The molecule has 100 valence electrons. The van der Waals surface area contributed by atoms with E-state index in [0.29, 0.717) is 31.2 Å². The standard InChI is InChI=1S/C12H15ClF2N2O/c13-8-1-2-10(18)9(7-8)11(12(14)15)17-5-3-16-4-6-17/h1-2,7,11-12,16,18H,3-6H2/t11-/m0/s1. The first-order chi connectivity index (χ1) is 8.59. The number of aromatic hydroxyl groups is 1. The summed E-state index contributed by atoms with van der Waals surface area (Å²) in [5, 5.41) is 13.2. The lowest BCUT2D eigenvalue weighted by atomic mass is 10.0. The van der Waals surface area contributed by atoms with Crippen LogP contribution in [0.3, 0.4) is 0 Å². The van der Waals surface area contributed by atoms with Crippen LogP contribution >= 0.6 is 11.6 Å². The van der Waals surface area contributed by atoms with Gasteiger partial charge in [0.15, 0.2) is 0 Å². The molecule has 1 atom stereocenters. The molecule has 0 spiro atoms. The van der Waals surface area contributed by atoms with Gasteiger partial charge in [0.25, 0.3) is 6.43 Å². The van der Waals surface area contributed by atoms with E-state index in [2.05, 4.69) is 5.32 Å². The maximum atomic E-state index is 13.3. The van der Waals surface area contributed by atoms with Gasteiger partial charge in [0.05, 0.1) is 0 Å². The molecule has 1 aliphatic rings. The van der Waals surface area contributed by atoms with Gasteiger partial charge in [-0.05, 0) is 18.2 Å². The third kappa shape index (κ3) is 2.91. The third-order valence-corrected chi connectivity index (χ3v) is 3.33. The number of piperazine rings is 1. The van der Waals surface area contributed by atoms with E-state index in [1.165, 1.54) is 18.2 Å². The molecule has 0 aliphatic carbocycles. The molecule has 0 saturated carbocycles. The summed E-state index contributed by atoms with van der Waals surface area (Å²) in [5.74, 6) is -0.136. The molecule has 1 fully saturated rings. The van der Waals surface area contributed by atoms with Crippen LogP contribution in [0.1, 0.15) is 11.6 Å². The van der Waals surface area contributed by atoms with Crippen molar-refractivity contribution in [2.75, 3.05) is 26.2 Å². The Balaban J connectivity index is 2.31. The van der Waals surface area contributed by atoms with Gasteiger partial charge in [-0.15, -0.1) is 0 Å². The summed E-state index contributed by atoms with van der Waals surface area (Å²) >= 11 is 5.82. The predicted octanol–water partition coefficient (Wildman–Crippen LogP) is 2.26. The van der Waals surface area contributed by atoms with Crippen LogP contribution in [0.15, 0.2) is 18.2 Å². The number of alkyl halides is 2. The maximum Gasteiger partial charge on any atom is 0.258 e. The Hall–Kier alpha value is -0.910. The lowest BCUT2D eigenvalue weighted by Crippen LogP contribution is -2.46. The molecule has 0 unspecified atom stereocenters. The first kappa shape index (κ1) is 13.5. The predicted molar refractivity (Wildman–Crippen MR) is 66.3 cm³/mol. The molecule has 3 nitrogen and oxygen atoms in total. The average molecular weight is 277 g/mol. The largest absolute Gasteiger partial charge is 0.508 e. The van der Waals surface area contributed by atoms with Crippen molar-refractivity contribution < 1.29 is 13.9 Å². The number of nitrogens with one attached hydrogen (secondary N) is 1. The molecule has 0 radical (unpaired) electrons. The van der Waals surface area contributed by atoms with Crippen LogP contribution in [0, 0.1) is 0 Å². The topological polar surface area (TPSA) is 35.5 Å². The zero-order valence-electron chi connectivity index (χ0n) is 9.74. The number of benzene rings is 1. The first-order valence-electron chi connectivity index (χ1n) is 5.81. The highest BCUT2D eigenvalue weighted by molar-refractivity contribution is 6.30. The van der Waals surface area contributed by atoms with Gasteiger partial charge < -0.3 is 10.4 Å². The summed E-state index contributed by atoms with van der Waals surface area (Å²) in [6, 6.07) is 3.15. The van der Waals surface area contributed by atoms with E-state index in [9.17, 15) is 13.9 Å². The minimum atomic E-state index is -2.56.